The van der Waals surface area contributed by atoms with Crippen molar-refractivity contribution in [2.45, 2.75) is 63.5 Å². The minimum absolute atomic E-state index is 0.0565. The number of hydrogen-bond acceptors (Lipinski definition) is 12. The molecular weight excluding hydrogens is 855 g/mol. The summed E-state index contributed by atoms with van der Waals surface area (Å²) in [6.07, 6.45) is 5.64. The summed E-state index contributed by atoms with van der Waals surface area (Å²) in [6, 6.07) is 18.4. The van der Waals surface area contributed by atoms with Gasteiger partial charge in [0.05, 0.1) is 29.0 Å². The standard InChI is InChI=1S/C47H54ClN8O7P/c1-63-39-28-33(14-13-30(39)27-41-50-29-35(48)37(51-41)26-31-8-4-5-11-40(31)64(2,3)62)53-20-17-32(18-21-53)54-22-24-55(25-23-54)43(58)12-7-19-49-36-10-6-9-34-44(36)47(61)56(46(34)60)38-15-16-42(57)52-45(38)59/h4-6,8-11,13-14,28-29,32,38,49H,7,12,15-27H2,1-3H3,(H,52,57,59). The van der Waals surface area contributed by atoms with E-state index in [0.717, 1.165) is 71.8 Å². The Hall–Kier alpha value is -5.63. The van der Waals surface area contributed by atoms with Crippen molar-refractivity contribution in [1.82, 2.24) is 30.0 Å². The molecule has 8 rings (SSSR count). The second kappa shape index (κ2) is 19.2. The van der Waals surface area contributed by atoms with Crippen LogP contribution in [0.5, 0.6) is 5.75 Å². The first-order valence-corrected chi connectivity index (χ1v) is 24.9. The number of amides is 5. The molecule has 1 unspecified atom stereocenters. The van der Waals surface area contributed by atoms with Gasteiger partial charge in [-0.2, -0.15) is 0 Å². The smallest absolute Gasteiger partial charge is 0.264 e. The van der Waals surface area contributed by atoms with Gasteiger partial charge in [0.1, 0.15) is 24.8 Å². The first kappa shape index (κ1) is 45.0. The highest BCUT2D eigenvalue weighted by atomic mass is 35.5. The van der Waals surface area contributed by atoms with Crippen molar-refractivity contribution in [3.05, 3.63) is 106 Å². The third kappa shape index (κ3) is 9.72. The predicted octanol–water partition coefficient (Wildman–Crippen LogP) is 4.97. The van der Waals surface area contributed by atoms with E-state index in [1.807, 2.05) is 29.2 Å². The van der Waals surface area contributed by atoms with Gasteiger partial charge in [0.2, 0.25) is 17.7 Å². The van der Waals surface area contributed by atoms with Crippen LogP contribution in [-0.2, 0) is 31.8 Å². The Kier molecular flexibility index (Phi) is 13.5. The predicted molar refractivity (Wildman–Crippen MR) is 245 cm³/mol. The number of aromatic nitrogens is 2. The Labute approximate surface area is 378 Å². The van der Waals surface area contributed by atoms with Crippen LogP contribution >= 0.6 is 18.7 Å². The molecule has 0 aliphatic carbocycles. The highest BCUT2D eigenvalue weighted by Crippen LogP contribution is 2.37. The van der Waals surface area contributed by atoms with Crippen LogP contribution in [0.1, 0.15) is 81.9 Å². The third-order valence-electron chi connectivity index (χ3n) is 12.8. The number of rotatable bonds is 14. The maximum absolute atomic E-state index is 13.4. The van der Waals surface area contributed by atoms with Gasteiger partial charge in [0.15, 0.2) is 0 Å². The van der Waals surface area contributed by atoms with Crippen LogP contribution in [-0.4, -0.2) is 133 Å². The fourth-order valence-electron chi connectivity index (χ4n) is 9.37. The zero-order valence-electron chi connectivity index (χ0n) is 36.5. The number of anilines is 2. The number of fused-ring (bicyclic) bond motifs is 1. The lowest BCUT2D eigenvalue weighted by molar-refractivity contribution is -0.136. The zero-order chi connectivity index (χ0) is 45.1. The van der Waals surface area contributed by atoms with Gasteiger partial charge in [-0.15, -0.1) is 0 Å². The molecule has 2 N–H and O–H groups in total. The molecule has 5 amide bonds. The number of nitrogens with one attached hydrogen (secondary N) is 2. The Morgan fingerprint density at radius 3 is 2.41 bits per heavy atom. The Bertz CT molecular complexity index is 2520. The minimum atomic E-state index is -2.49. The molecule has 3 fully saturated rings. The van der Waals surface area contributed by atoms with Gasteiger partial charge in [-0.05, 0) is 62.8 Å². The Morgan fingerprint density at radius 2 is 1.67 bits per heavy atom. The number of piperidine rings is 2. The van der Waals surface area contributed by atoms with E-state index in [4.69, 9.17) is 21.3 Å². The molecule has 5 heterocycles. The van der Waals surface area contributed by atoms with Crippen LogP contribution < -0.4 is 25.6 Å². The van der Waals surface area contributed by atoms with Crippen molar-refractivity contribution >= 4 is 65.0 Å². The number of methoxy groups -OCH3 is 1. The summed E-state index contributed by atoms with van der Waals surface area (Å²) in [5.41, 5.74) is 4.62. The van der Waals surface area contributed by atoms with Gasteiger partial charge in [-0.3, -0.25) is 39.1 Å². The number of nitrogens with zero attached hydrogens (tertiary/aromatic N) is 6. The summed E-state index contributed by atoms with van der Waals surface area (Å²) in [4.78, 5) is 81.1. The molecule has 17 heteroatoms. The van der Waals surface area contributed by atoms with Gasteiger partial charge in [-0.25, -0.2) is 9.97 Å². The molecule has 3 saturated heterocycles. The topological polar surface area (TPSA) is 174 Å². The van der Waals surface area contributed by atoms with Gasteiger partial charge >= 0.3 is 0 Å². The summed E-state index contributed by atoms with van der Waals surface area (Å²) >= 11 is 6.57. The van der Waals surface area contributed by atoms with Crippen molar-refractivity contribution in [3.8, 4) is 5.75 Å². The summed E-state index contributed by atoms with van der Waals surface area (Å²) in [5.74, 6) is -0.687. The number of carbonyl (C=O) groups excluding carboxylic acids is 5. The molecule has 4 aliphatic rings. The van der Waals surface area contributed by atoms with E-state index in [-0.39, 0.29) is 29.9 Å². The summed E-state index contributed by atoms with van der Waals surface area (Å²) < 4.78 is 18.8. The van der Waals surface area contributed by atoms with Crippen LogP contribution in [0.25, 0.3) is 0 Å². The quantitative estimate of drug-likeness (QED) is 0.0990. The second-order valence-electron chi connectivity index (χ2n) is 17.3. The molecule has 0 saturated carbocycles. The second-order valence-corrected chi connectivity index (χ2v) is 20.8. The van der Waals surface area contributed by atoms with Crippen LogP contribution in [0.15, 0.2) is 66.9 Å². The van der Waals surface area contributed by atoms with Crippen molar-refractivity contribution < 1.29 is 33.3 Å². The number of piperazine rings is 1. The average Bonchev–Trinajstić information content (AvgIpc) is 3.55. The molecule has 0 radical (unpaired) electrons. The van der Waals surface area contributed by atoms with E-state index in [0.29, 0.717) is 73.6 Å². The number of imide groups is 2. The van der Waals surface area contributed by atoms with Crippen LogP contribution in [0.4, 0.5) is 11.4 Å². The normalized spacial score (nSPS) is 18.6. The third-order valence-corrected chi connectivity index (χ3v) is 14.7. The molecule has 336 valence electrons. The number of halogens is 1. The molecular formula is C47H54ClN8O7P. The fourth-order valence-corrected chi connectivity index (χ4v) is 10.8. The molecule has 1 aromatic heterocycles. The molecule has 64 heavy (non-hydrogen) atoms. The maximum Gasteiger partial charge on any atom is 0.264 e. The zero-order valence-corrected chi connectivity index (χ0v) is 38.1. The van der Waals surface area contributed by atoms with E-state index in [1.54, 1.807) is 44.8 Å². The minimum Gasteiger partial charge on any atom is -0.496 e. The first-order valence-electron chi connectivity index (χ1n) is 21.9. The lowest BCUT2D eigenvalue weighted by Crippen LogP contribution is -2.54. The van der Waals surface area contributed by atoms with Crippen molar-refractivity contribution in [1.29, 1.82) is 0 Å². The number of benzene rings is 3. The Balaban J connectivity index is 0.783. The van der Waals surface area contributed by atoms with E-state index >= 15 is 0 Å². The lowest BCUT2D eigenvalue weighted by atomic mass is 10.0. The maximum atomic E-state index is 13.4. The van der Waals surface area contributed by atoms with E-state index in [1.165, 1.54) is 0 Å². The van der Waals surface area contributed by atoms with Crippen molar-refractivity contribution in [3.63, 3.8) is 0 Å². The van der Waals surface area contributed by atoms with E-state index < -0.39 is 36.8 Å². The Morgan fingerprint density at radius 1 is 0.906 bits per heavy atom. The van der Waals surface area contributed by atoms with Crippen molar-refractivity contribution in [2.24, 2.45) is 0 Å². The van der Waals surface area contributed by atoms with Gasteiger partial charge < -0.3 is 24.4 Å². The molecule has 3 aromatic carbocycles. The van der Waals surface area contributed by atoms with Gasteiger partial charge in [0.25, 0.3) is 11.8 Å². The molecule has 1 atom stereocenters. The molecule has 15 nitrogen and oxygen atoms in total. The highest BCUT2D eigenvalue weighted by Gasteiger charge is 2.45. The SMILES string of the molecule is COc1cc(N2CCC(N3CCN(C(=O)CCCNc4cccc5c4C(=O)N(C4CCC(=O)NC4=O)C5=O)CC3)CC2)ccc1Cc1ncc(Cl)c(Cc2ccccc2P(C)(C)=O)n1. The number of hydrogen-bond donors (Lipinski definition) is 2. The van der Waals surface area contributed by atoms with Crippen LogP contribution in [0.3, 0.4) is 0 Å². The van der Waals surface area contributed by atoms with Crippen molar-refractivity contribution in [2.75, 3.05) is 76.5 Å². The van der Waals surface area contributed by atoms with Crippen LogP contribution in [0.2, 0.25) is 5.02 Å². The molecule has 4 aromatic rings. The largest absolute Gasteiger partial charge is 0.496 e. The summed E-state index contributed by atoms with van der Waals surface area (Å²) in [6.45, 7) is 8.79. The number of carbonyl (C=O) groups is 5. The monoisotopic (exact) mass is 908 g/mol. The van der Waals surface area contributed by atoms with Gasteiger partial charge in [-0.1, -0.05) is 48.0 Å². The molecule has 0 spiro atoms. The van der Waals surface area contributed by atoms with Crippen LogP contribution in [0, 0.1) is 0 Å². The molecule has 0 bridgehead atoms. The number of ether oxygens (including phenoxy) is 1. The summed E-state index contributed by atoms with van der Waals surface area (Å²) in [7, 11) is -0.808. The van der Waals surface area contributed by atoms with E-state index in [9.17, 15) is 28.5 Å². The lowest BCUT2D eigenvalue weighted by Gasteiger charge is -2.43. The molecule has 4 aliphatic heterocycles. The highest BCUT2D eigenvalue weighted by molar-refractivity contribution is 7.70. The fraction of sp³-hybridized carbons (Fsp3) is 0.426. The van der Waals surface area contributed by atoms with Gasteiger partial charge in [0, 0.05) is 112 Å². The average molecular weight is 909 g/mol. The van der Waals surface area contributed by atoms with E-state index in [2.05, 4.69) is 43.6 Å². The summed E-state index contributed by atoms with van der Waals surface area (Å²) in [5, 5.41) is 6.76. The first-order chi connectivity index (χ1) is 30.8.